The van der Waals surface area contributed by atoms with Crippen molar-refractivity contribution in [2.45, 2.75) is 19.9 Å². The summed E-state index contributed by atoms with van der Waals surface area (Å²) in [4.78, 5) is 32.7. The molecule has 2 amide bonds. The van der Waals surface area contributed by atoms with Gasteiger partial charge in [-0.05, 0) is 36.2 Å². The lowest BCUT2D eigenvalue weighted by atomic mass is 10.2. The van der Waals surface area contributed by atoms with Gasteiger partial charge in [0.15, 0.2) is 5.13 Å². The first-order valence-electron chi connectivity index (χ1n) is 8.25. The zero-order valence-corrected chi connectivity index (χ0v) is 15.1. The van der Waals surface area contributed by atoms with Crippen molar-refractivity contribution < 1.29 is 9.59 Å². The normalized spacial score (nSPS) is 10.7. The van der Waals surface area contributed by atoms with E-state index in [4.69, 9.17) is 5.73 Å². The van der Waals surface area contributed by atoms with Crippen LogP contribution in [0.5, 0.6) is 0 Å². The van der Waals surface area contributed by atoms with Crippen molar-refractivity contribution in [1.29, 1.82) is 0 Å². The molecule has 0 saturated carbocycles. The number of anilines is 1. The second kappa shape index (κ2) is 7.92. The largest absolute Gasteiger partial charge is 0.375 e. The van der Waals surface area contributed by atoms with Gasteiger partial charge in [0.2, 0.25) is 0 Å². The van der Waals surface area contributed by atoms with Crippen molar-refractivity contribution in [3.05, 3.63) is 53.3 Å². The van der Waals surface area contributed by atoms with Crippen molar-refractivity contribution in [3.63, 3.8) is 0 Å². The summed E-state index contributed by atoms with van der Waals surface area (Å²) in [5, 5.41) is 6.08. The average Bonchev–Trinajstić information content (AvgIpc) is 3.03. The fourth-order valence-electron chi connectivity index (χ4n) is 2.39. The summed E-state index contributed by atoms with van der Waals surface area (Å²) in [6.45, 7) is 2.89. The fraction of sp³-hybridized carbons (Fsp3) is 0.222. The number of nitrogen functional groups attached to an aromatic ring is 1. The van der Waals surface area contributed by atoms with Gasteiger partial charge < -0.3 is 16.4 Å². The number of nitrogens with two attached hydrogens (primary N) is 1. The van der Waals surface area contributed by atoms with Crippen LogP contribution in [0.25, 0.3) is 10.2 Å². The van der Waals surface area contributed by atoms with Crippen molar-refractivity contribution in [3.8, 4) is 0 Å². The molecule has 0 unspecified atom stereocenters. The fourth-order valence-corrected chi connectivity index (χ4v) is 3.18. The van der Waals surface area contributed by atoms with Crippen LogP contribution in [0.4, 0.5) is 5.13 Å². The molecule has 0 radical (unpaired) electrons. The molecule has 2 aromatic heterocycles. The van der Waals surface area contributed by atoms with Gasteiger partial charge >= 0.3 is 0 Å². The molecule has 26 heavy (non-hydrogen) atoms. The van der Waals surface area contributed by atoms with Gasteiger partial charge in [0.25, 0.3) is 11.8 Å². The number of fused-ring (bicyclic) bond motifs is 1. The van der Waals surface area contributed by atoms with Crippen LogP contribution >= 0.6 is 11.3 Å². The summed E-state index contributed by atoms with van der Waals surface area (Å²) < 4.78 is 0.974. The van der Waals surface area contributed by atoms with Crippen molar-refractivity contribution >= 4 is 38.5 Å². The second-order valence-electron chi connectivity index (χ2n) is 5.70. The minimum atomic E-state index is -0.334. The number of carbonyl (C=O) groups excluding carboxylic acids is 2. The van der Waals surface area contributed by atoms with E-state index in [1.54, 1.807) is 18.2 Å². The molecule has 134 valence electrons. The molecule has 8 heteroatoms. The summed E-state index contributed by atoms with van der Waals surface area (Å²) >= 11 is 1.41. The highest BCUT2D eigenvalue weighted by atomic mass is 32.1. The Labute approximate surface area is 154 Å². The van der Waals surface area contributed by atoms with E-state index >= 15 is 0 Å². The van der Waals surface area contributed by atoms with Crippen LogP contribution in [0, 0.1) is 0 Å². The van der Waals surface area contributed by atoms with Gasteiger partial charge in [-0.3, -0.25) is 9.59 Å². The maximum absolute atomic E-state index is 12.3. The first-order chi connectivity index (χ1) is 12.6. The van der Waals surface area contributed by atoms with Gasteiger partial charge in [-0.25, -0.2) is 9.97 Å². The van der Waals surface area contributed by atoms with Crippen LogP contribution in [-0.4, -0.2) is 28.3 Å². The minimum Gasteiger partial charge on any atom is -0.375 e. The predicted molar refractivity (Wildman–Crippen MR) is 102 cm³/mol. The van der Waals surface area contributed by atoms with Gasteiger partial charge in [0, 0.05) is 13.1 Å². The number of amides is 2. The number of carbonyl (C=O) groups is 2. The number of hydrogen-bond acceptors (Lipinski definition) is 6. The highest BCUT2D eigenvalue weighted by Gasteiger charge is 2.12. The molecule has 3 aromatic rings. The number of thiazole rings is 1. The van der Waals surface area contributed by atoms with E-state index in [0.29, 0.717) is 18.2 Å². The van der Waals surface area contributed by atoms with Gasteiger partial charge in [-0.2, -0.15) is 0 Å². The Bertz CT molecular complexity index is 954. The minimum absolute atomic E-state index is 0.206. The molecule has 0 atom stereocenters. The summed E-state index contributed by atoms with van der Waals surface area (Å²) in [5.41, 5.74) is 7.92. The Balaban J connectivity index is 1.66. The van der Waals surface area contributed by atoms with Gasteiger partial charge in [-0.1, -0.05) is 30.4 Å². The number of nitrogens with zero attached hydrogens (tertiary/aromatic N) is 2. The molecular weight excluding hydrogens is 350 g/mol. The number of benzene rings is 1. The molecule has 0 fully saturated rings. The van der Waals surface area contributed by atoms with E-state index in [-0.39, 0.29) is 23.2 Å². The highest BCUT2D eigenvalue weighted by Crippen LogP contribution is 2.24. The van der Waals surface area contributed by atoms with Crippen molar-refractivity contribution in [2.24, 2.45) is 0 Å². The quantitative estimate of drug-likeness (QED) is 0.618. The lowest BCUT2D eigenvalue weighted by Crippen LogP contribution is -2.27. The molecule has 0 aliphatic carbocycles. The summed E-state index contributed by atoms with van der Waals surface area (Å²) in [6.07, 6.45) is 0.835. The Morgan fingerprint density at radius 3 is 2.54 bits per heavy atom. The highest BCUT2D eigenvalue weighted by molar-refractivity contribution is 7.22. The third-order valence-electron chi connectivity index (χ3n) is 3.67. The van der Waals surface area contributed by atoms with Crippen LogP contribution in [0.1, 0.15) is 39.9 Å². The van der Waals surface area contributed by atoms with E-state index in [9.17, 15) is 9.59 Å². The average molecular weight is 369 g/mol. The number of aromatic nitrogens is 2. The van der Waals surface area contributed by atoms with Gasteiger partial charge in [0.1, 0.15) is 11.4 Å². The smallest absolute Gasteiger partial charge is 0.270 e. The van der Waals surface area contributed by atoms with Crippen LogP contribution in [0.3, 0.4) is 0 Å². The Kier molecular flexibility index (Phi) is 5.43. The standard InChI is InChI=1S/C18H19N5O2S/c1-2-8-20-16(24)13-4-3-5-14(22-13)17(25)21-10-11-6-7-12-15(9-11)26-18(19)23-12/h3-7,9H,2,8,10H2,1H3,(H2,19,23)(H,20,24)(H,21,25). The first kappa shape index (κ1) is 17.8. The van der Waals surface area contributed by atoms with Crippen molar-refractivity contribution in [2.75, 3.05) is 12.3 Å². The molecule has 0 spiro atoms. The van der Waals surface area contributed by atoms with Gasteiger partial charge in [0.05, 0.1) is 10.2 Å². The number of hydrogen-bond donors (Lipinski definition) is 3. The molecule has 4 N–H and O–H groups in total. The topological polar surface area (TPSA) is 110 Å². The maximum atomic E-state index is 12.3. The van der Waals surface area contributed by atoms with E-state index in [0.717, 1.165) is 22.2 Å². The zero-order valence-electron chi connectivity index (χ0n) is 14.3. The van der Waals surface area contributed by atoms with E-state index in [1.165, 1.54) is 11.3 Å². The number of rotatable bonds is 6. The molecule has 7 nitrogen and oxygen atoms in total. The molecule has 0 saturated heterocycles. The van der Waals surface area contributed by atoms with Crippen molar-refractivity contribution in [1.82, 2.24) is 20.6 Å². The second-order valence-corrected chi connectivity index (χ2v) is 6.76. The molecule has 3 rings (SSSR count). The first-order valence-corrected chi connectivity index (χ1v) is 9.07. The molecule has 2 heterocycles. The lowest BCUT2D eigenvalue weighted by molar-refractivity contribution is 0.0942. The molecular formula is C18H19N5O2S. The molecule has 0 bridgehead atoms. The third-order valence-corrected chi connectivity index (χ3v) is 4.52. The summed E-state index contributed by atoms with van der Waals surface area (Å²) in [6, 6.07) is 10.5. The van der Waals surface area contributed by atoms with Crippen LogP contribution in [0.15, 0.2) is 36.4 Å². The summed E-state index contributed by atoms with van der Waals surface area (Å²) in [7, 11) is 0. The van der Waals surface area contributed by atoms with E-state index in [2.05, 4.69) is 20.6 Å². The lowest BCUT2D eigenvalue weighted by Gasteiger charge is -2.07. The predicted octanol–water partition coefficient (Wildman–Crippen LogP) is 2.34. The summed E-state index contributed by atoms with van der Waals surface area (Å²) in [5.74, 6) is -0.617. The van der Waals surface area contributed by atoms with E-state index in [1.807, 2.05) is 25.1 Å². The zero-order chi connectivity index (χ0) is 18.5. The van der Waals surface area contributed by atoms with Crippen LogP contribution in [0.2, 0.25) is 0 Å². The third kappa shape index (κ3) is 4.15. The molecule has 0 aliphatic heterocycles. The molecule has 0 aliphatic rings. The van der Waals surface area contributed by atoms with E-state index < -0.39 is 0 Å². The maximum Gasteiger partial charge on any atom is 0.270 e. The molecule has 1 aromatic carbocycles. The van der Waals surface area contributed by atoms with Crippen LogP contribution in [-0.2, 0) is 6.54 Å². The van der Waals surface area contributed by atoms with Gasteiger partial charge in [-0.15, -0.1) is 0 Å². The van der Waals surface area contributed by atoms with Crippen LogP contribution < -0.4 is 16.4 Å². The monoisotopic (exact) mass is 369 g/mol. The SMILES string of the molecule is CCCNC(=O)c1cccc(C(=O)NCc2ccc3nc(N)sc3c2)n1. The Morgan fingerprint density at radius 1 is 1.08 bits per heavy atom. The Hall–Kier alpha value is -3.00. The Morgan fingerprint density at radius 2 is 1.81 bits per heavy atom. The number of nitrogens with one attached hydrogen (secondary N) is 2. The number of pyridine rings is 1.